The first-order chi connectivity index (χ1) is 12.6. The van der Waals surface area contributed by atoms with Crippen molar-refractivity contribution >= 4 is 34.8 Å². The van der Waals surface area contributed by atoms with Gasteiger partial charge in [0.05, 0.1) is 10.7 Å². The molecule has 1 saturated heterocycles. The van der Waals surface area contributed by atoms with Gasteiger partial charge in [-0.3, -0.25) is 9.59 Å². The molecule has 0 atom stereocenters. The molecule has 0 saturated carbocycles. The number of halogens is 1. The van der Waals surface area contributed by atoms with Crippen LogP contribution in [0.3, 0.4) is 0 Å². The first-order valence-corrected chi connectivity index (χ1v) is 9.15. The van der Waals surface area contributed by atoms with Gasteiger partial charge in [0.25, 0.3) is 5.91 Å². The lowest BCUT2D eigenvalue weighted by Crippen LogP contribution is -2.48. The van der Waals surface area contributed by atoms with Crippen molar-refractivity contribution in [3.05, 3.63) is 59.1 Å². The highest BCUT2D eigenvalue weighted by Crippen LogP contribution is 2.30. The van der Waals surface area contributed by atoms with Crippen LogP contribution in [0.1, 0.15) is 23.7 Å². The van der Waals surface area contributed by atoms with Gasteiger partial charge in [-0.25, -0.2) is 0 Å². The average Bonchev–Trinajstić information content (AvgIpc) is 2.68. The summed E-state index contributed by atoms with van der Waals surface area (Å²) in [7, 11) is 0. The molecule has 1 fully saturated rings. The van der Waals surface area contributed by atoms with E-state index in [1.807, 2.05) is 42.2 Å². The van der Waals surface area contributed by atoms with E-state index in [-0.39, 0.29) is 11.8 Å². The van der Waals surface area contributed by atoms with Crippen LogP contribution in [0.15, 0.2) is 48.5 Å². The summed E-state index contributed by atoms with van der Waals surface area (Å²) in [6.45, 7) is 4.79. The molecule has 2 aromatic carbocycles. The number of rotatable bonds is 4. The number of piperazine rings is 1. The maximum atomic E-state index is 12.2. The summed E-state index contributed by atoms with van der Waals surface area (Å²) in [4.78, 5) is 28.1. The number of amides is 2. The van der Waals surface area contributed by atoms with Crippen molar-refractivity contribution in [3.63, 3.8) is 0 Å². The van der Waals surface area contributed by atoms with Crippen LogP contribution in [-0.4, -0.2) is 42.9 Å². The van der Waals surface area contributed by atoms with E-state index in [0.29, 0.717) is 35.8 Å². The predicted octanol–water partition coefficient (Wildman–Crippen LogP) is 3.65. The zero-order valence-corrected chi connectivity index (χ0v) is 15.5. The third-order valence-corrected chi connectivity index (χ3v) is 4.82. The highest BCUT2D eigenvalue weighted by Gasteiger charge is 2.21. The predicted molar refractivity (Wildman–Crippen MR) is 105 cm³/mol. The van der Waals surface area contributed by atoms with Gasteiger partial charge < -0.3 is 15.1 Å². The lowest BCUT2D eigenvalue weighted by molar-refractivity contribution is -0.131. The average molecular weight is 372 g/mol. The van der Waals surface area contributed by atoms with Crippen LogP contribution in [0.25, 0.3) is 0 Å². The van der Waals surface area contributed by atoms with Crippen LogP contribution < -0.4 is 10.2 Å². The zero-order chi connectivity index (χ0) is 18.5. The second-order valence-electron chi connectivity index (χ2n) is 6.21. The second-order valence-corrected chi connectivity index (χ2v) is 6.61. The van der Waals surface area contributed by atoms with Crippen molar-refractivity contribution in [2.24, 2.45) is 0 Å². The molecule has 3 rings (SSSR count). The summed E-state index contributed by atoms with van der Waals surface area (Å²) >= 11 is 6.44. The Bertz CT molecular complexity index is 787. The molecule has 136 valence electrons. The Morgan fingerprint density at radius 3 is 2.35 bits per heavy atom. The van der Waals surface area contributed by atoms with Gasteiger partial charge in [-0.05, 0) is 30.3 Å². The van der Waals surface area contributed by atoms with Gasteiger partial charge in [0.2, 0.25) is 5.91 Å². The van der Waals surface area contributed by atoms with E-state index in [4.69, 9.17) is 11.6 Å². The van der Waals surface area contributed by atoms with Crippen molar-refractivity contribution in [3.8, 4) is 0 Å². The number of carbonyl (C=O) groups excluding carboxylic acids is 2. The number of hydrogen-bond acceptors (Lipinski definition) is 3. The molecule has 0 aliphatic carbocycles. The fraction of sp³-hybridized carbons (Fsp3) is 0.300. The highest BCUT2D eigenvalue weighted by molar-refractivity contribution is 6.33. The van der Waals surface area contributed by atoms with Crippen LogP contribution in [0.4, 0.5) is 11.4 Å². The Hall–Kier alpha value is -2.53. The van der Waals surface area contributed by atoms with E-state index in [2.05, 4.69) is 10.2 Å². The van der Waals surface area contributed by atoms with Crippen LogP contribution in [0, 0.1) is 0 Å². The quantitative estimate of drug-likeness (QED) is 0.892. The van der Waals surface area contributed by atoms with E-state index in [1.54, 1.807) is 18.2 Å². The van der Waals surface area contributed by atoms with E-state index in [1.165, 1.54) is 0 Å². The molecule has 5 nitrogen and oxygen atoms in total. The molecule has 0 spiro atoms. The zero-order valence-electron chi connectivity index (χ0n) is 14.7. The van der Waals surface area contributed by atoms with Gasteiger partial charge in [0.1, 0.15) is 0 Å². The molecule has 1 aliphatic rings. The van der Waals surface area contributed by atoms with Gasteiger partial charge in [0.15, 0.2) is 0 Å². The summed E-state index contributed by atoms with van der Waals surface area (Å²) in [6.07, 6.45) is 0.538. The molecule has 0 unspecified atom stereocenters. The van der Waals surface area contributed by atoms with Crippen molar-refractivity contribution in [2.45, 2.75) is 13.3 Å². The van der Waals surface area contributed by atoms with Gasteiger partial charge in [-0.2, -0.15) is 0 Å². The number of nitrogens with zero attached hydrogens (tertiary/aromatic N) is 2. The van der Waals surface area contributed by atoms with Crippen molar-refractivity contribution in [2.75, 3.05) is 36.4 Å². The van der Waals surface area contributed by atoms with E-state index < -0.39 is 0 Å². The fourth-order valence-corrected chi connectivity index (χ4v) is 3.35. The minimum Gasteiger partial charge on any atom is -0.367 e. The largest absolute Gasteiger partial charge is 0.367 e. The molecule has 1 aliphatic heterocycles. The standard InChI is InChI=1S/C20H22ClN3O2/c1-2-19(25)24-12-10-23(11-13-24)18-9-8-16(14-17(18)21)22-20(26)15-6-4-3-5-7-15/h3-9,14H,2,10-13H2,1H3,(H,22,26). The molecule has 2 amide bonds. The van der Waals surface area contributed by atoms with Crippen molar-refractivity contribution in [1.29, 1.82) is 0 Å². The molecule has 2 aromatic rings. The molecule has 26 heavy (non-hydrogen) atoms. The topological polar surface area (TPSA) is 52.7 Å². The van der Waals surface area contributed by atoms with E-state index >= 15 is 0 Å². The minimum atomic E-state index is -0.166. The monoisotopic (exact) mass is 371 g/mol. The molecule has 6 heteroatoms. The molecular formula is C20H22ClN3O2. The number of anilines is 2. The van der Waals surface area contributed by atoms with Crippen LogP contribution >= 0.6 is 11.6 Å². The lowest BCUT2D eigenvalue weighted by atomic mass is 10.2. The number of hydrogen-bond donors (Lipinski definition) is 1. The van der Waals surface area contributed by atoms with Crippen LogP contribution in [-0.2, 0) is 4.79 Å². The van der Waals surface area contributed by atoms with Gasteiger partial charge >= 0.3 is 0 Å². The van der Waals surface area contributed by atoms with Gasteiger partial charge in [-0.1, -0.05) is 36.7 Å². The fourth-order valence-electron chi connectivity index (χ4n) is 3.05. The molecule has 0 aromatic heterocycles. The van der Waals surface area contributed by atoms with E-state index in [0.717, 1.165) is 18.8 Å². The normalized spacial score (nSPS) is 14.2. The third kappa shape index (κ3) is 4.17. The van der Waals surface area contributed by atoms with Crippen molar-refractivity contribution in [1.82, 2.24) is 4.90 Å². The molecule has 1 N–H and O–H groups in total. The summed E-state index contributed by atoms with van der Waals surface area (Å²) in [5.74, 6) is 0.0239. The van der Waals surface area contributed by atoms with Gasteiger partial charge in [0, 0.05) is 43.9 Å². The molecule has 1 heterocycles. The molecular weight excluding hydrogens is 350 g/mol. The first-order valence-electron chi connectivity index (χ1n) is 8.77. The highest BCUT2D eigenvalue weighted by atomic mass is 35.5. The number of benzene rings is 2. The Balaban J connectivity index is 1.65. The van der Waals surface area contributed by atoms with Gasteiger partial charge in [-0.15, -0.1) is 0 Å². The Labute approximate surface area is 158 Å². The summed E-state index contributed by atoms with van der Waals surface area (Å²) in [5, 5.41) is 3.45. The first kappa shape index (κ1) is 18.3. The minimum absolute atomic E-state index is 0.166. The Kier molecular flexibility index (Phi) is 5.78. The number of nitrogens with one attached hydrogen (secondary N) is 1. The maximum Gasteiger partial charge on any atom is 0.255 e. The van der Waals surface area contributed by atoms with E-state index in [9.17, 15) is 9.59 Å². The summed E-state index contributed by atoms with van der Waals surface area (Å²) in [6, 6.07) is 14.6. The van der Waals surface area contributed by atoms with Crippen LogP contribution in [0.5, 0.6) is 0 Å². The van der Waals surface area contributed by atoms with Crippen LogP contribution in [0.2, 0.25) is 5.02 Å². The number of carbonyl (C=O) groups is 2. The maximum absolute atomic E-state index is 12.2. The van der Waals surface area contributed by atoms with Crippen molar-refractivity contribution < 1.29 is 9.59 Å². The summed E-state index contributed by atoms with van der Waals surface area (Å²) < 4.78 is 0. The lowest BCUT2D eigenvalue weighted by Gasteiger charge is -2.36. The Morgan fingerprint density at radius 2 is 1.73 bits per heavy atom. The second kappa shape index (κ2) is 8.23. The smallest absolute Gasteiger partial charge is 0.255 e. The summed E-state index contributed by atoms with van der Waals surface area (Å²) in [5.41, 5.74) is 2.18. The SMILES string of the molecule is CCC(=O)N1CCN(c2ccc(NC(=O)c3ccccc3)cc2Cl)CC1. The Morgan fingerprint density at radius 1 is 1.04 bits per heavy atom. The molecule has 0 bridgehead atoms. The third-order valence-electron chi connectivity index (χ3n) is 4.52. The molecule has 0 radical (unpaired) electrons.